The smallest absolute Gasteiger partial charge is 0.283 e. The number of likely N-dealkylation sites (tertiary alicyclic amines) is 1. The summed E-state index contributed by atoms with van der Waals surface area (Å²) in [4.78, 5) is 2.30. The summed E-state index contributed by atoms with van der Waals surface area (Å²) < 4.78 is 17.3. The van der Waals surface area contributed by atoms with Gasteiger partial charge in [-0.2, -0.15) is 0 Å². The first-order valence-corrected chi connectivity index (χ1v) is 12.0. The molecule has 1 atom stereocenters. The molecule has 8 heteroatoms. The fraction of sp³-hybridized carbons (Fsp3) is 0.385. The topological polar surface area (TPSA) is 84.8 Å². The van der Waals surface area contributed by atoms with Crippen molar-refractivity contribution in [3.8, 4) is 17.4 Å². The lowest BCUT2D eigenvalue weighted by atomic mass is 9.89. The predicted molar refractivity (Wildman–Crippen MR) is 130 cm³/mol. The number of β-amino-alcohol motifs (C(OH)–C–C–N with tert-alkyl or cyclic N) is 1. The first-order chi connectivity index (χ1) is 16.5. The molecule has 0 spiro atoms. The maximum atomic E-state index is 10.6. The summed E-state index contributed by atoms with van der Waals surface area (Å²) in [6.07, 6.45) is 1.52. The summed E-state index contributed by atoms with van der Waals surface area (Å²) in [6, 6.07) is 13.8. The van der Waals surface area contributed by atoms with Crippen molar-refractivity contribution in [1.29, 1.82) is 0 Å². The molecular weight excluding hydrogens is 454 g/mol. The van der Waals surface area contributed by atoms with E-state index >= 15 is 0 Å². The normalized spacial score (nSPS) is 16.2. The van der Waals surface area contributed by atoms with Gasteiger partial charge in [0.15, 0.2) is 5.76 Å². The highest BCUT2D eigenvalue weighted by atomic mass is 35.5. The minimum atomic E-state index is -0.592. The van der Waals surface area contributed by atoms with Crippen LogP contribution in [0.3, 0.4) is 0 Å². The molecule has 2 aromatic heterocycles. The average molecular weight is 482 g/mol. The van der Waals surface area contributed by atoms with E-state index in [1.165, 1.54) is 5.56 Å². The molecule has 0 aliphatic carbocycles. The number of ether oxygens (including phenoxy) is 1. The van der Waals surface area contributed by atoms with Crippen molar-refractivity contribution in [2.75, 3.05) is 26.2 Å². The van der Waals surface area contributed by atoms with E-state index in [0.717, 1.165) is 41.9 Å². The molecule has 1 N–H and O–H groups in total. The van der Waals surface area contributed by atoms with Gasteiger partial charge in [0.25, 0.3) is 5.89 Å². The second-order valence-electron chi connectivity index (χ2n) is 8.95. The minimum Gasteiger partial charge on any atom is -0.490 e. The summed E-state index contributed by atoms with van der Waals surface area (Å²) in [5.74, 6) is 2.46. The van der Waals surface area contributed by atoms with Gasteiger partial charge in [0, 0.05) is 24.6 Å². The second kappa shape index (κ2) is 9.78. The monoisotopic (exact) mass is 481 g/mol. The summed E-state index contributed by atoms with van der Waals surface area (Å²) in [7, 11) is 0. The van der Waals surface area contributed by atoms with E-state index in [4.69, 9.17) is 25.2 Å². The molecule has 1 saturated heterocycles. The molecule has 0 unspecified atom stereocenters. The van der Waals surface area contributed by atoms with Crippen LogP contribution in [0.15, 0.2) is 51.3 Å². The van der Waals surface area contributed by atoms with E-state index in [9.17, 15) is 5.11 Å². The molecule has 178 valence electrons. The maximum Gasteiger partial charge on any atom is 0.283 e. The van der Waals surface area contributed by atoms with E-state index in [0.29, 0.717) is 41.3 Å². The third-order valence-electron chi connectivity index (χ3n) is 6.41. The van der Waals surface area contributed by atoms with Crippen LogP contribution in [0.4, 0.5) is 0 Å². The number of aliphatic hydroxyl groups is 1. The van der Waals surface area contributed by atoms with Crippen molar-refractivity contribution in [1.82, 2.24) is 15.1 Å². The molecule has 1 aliphatic rings. The SMILES string of the molecule is Cc1nnc(-c2cc3c(OC[C@@H](O)CN4CCC(c5ccc(C)c(Cl)c5)CC4)cccc3o2)o1. The van der Waals surface area contributed by atoms with Gasteiger partial charge in [0.2, 0.25) is 5.89 Å². The van der Waals surface area contributed by atoms with Crippen molar-refractivity contribution < 1.29 is 18.7 Å². The van der Waals surface area contributed by atoms with Crippen molar-refractivity contribution in [2.45, 2.75) is 38.7 Å². The fourth-order valence-electron chi connectivity index (χ4n) is 4.51. The Bertz CT molecular complexity index is 1280. The van der Waals surface area contributed by atoms with Gasteiger partial charge in [-0.25, -0.2) is 0 Å². The summed E-state index contributed by atoms with van der Waals surface area (Å²) in [5.41, 5.74) is 3.08. The minimum absolute atomic E-state index is 0.201. The van der Waals surface area contributed by atoms with Crippen molar-refractivity contribution in [3.05, 3.63) is 64.5 Å². The van der Waals surface area contributed by atoms with Gasteiger partial charge < -0.3 is 23.6 Å². The summed E-state index contributed by atoms with van der Waals surface area (Å²) in [5, 5.41) is 20.1. The molecule has 3 heterocycles. The number of halogens is 1. The van der Waals surface area contributed by atoms with Crippen LogP contribution in [0.2, 0.25) is 5.02 Å². The first kappa shape index (κ1) is 22.9. The molecule has 5 rings (SSSR count). The largest absolute Gasteiger partial charge is 0.490 e. The number of aryl methyl sites for hydroxylation is 2. The zero-order chi connectivity index (χ0) is 23.7. The van der Waals surface area contributed by atoms with E-state index in [2.05, 4.69) is 33.3 Å². The zero-order valence-corrected chi connectivity index (χ0v) is 20.1. The highest BCUT2D eigenvalue weighted by molar-refractivity contribution is 6.31. The van der Waals surface area contributed by atoms with E-state index in [1.807, 2.05) is 31.2 Å². The number of rotatable bonds is 7. The van der Waals surface area contributed by atoms with Gasteiger partial charge in [-0.1, -0.05) is 29.8 Å². The van der Waals surface area contributed by atoms with Crippen molar-refractivity contribution >= 4 is 22.6 Å². The summed E-state index contributed by atoms with van der Waals surface area (Å²) in [6.45, 7) is 6.42. The van der Waals surface area contributed by atoms with Crippen LogP contribution in [0.5, 0.6) is 5.75 Å². The molecule has 34 heavy (non-hydrogen) atoms. The highest BCUT2D eigenvalue weighted by Gasteiger charge is 2.23. The zero-order valence-electron chi connectivity index (χ0n) is 19.3. The molecule has 7 nitrogen and oxygen atoms in total. The lowest BCUT2D eigenvalue weighted by molar-refractivity contribution is 0.0599. The predicted octanol–water partition coefficient (Wildman–Crippen LogP) is 5.37. The third kappa shape index (κ3) is 4.97. The van der Waals surface area contributed by atoms with Crippen LogP contribution in [0.1, 0.15) is 35.8 Å². The van der Waals surface area contributed by atoms with E-state index in [-0.39, 0.29) is 6.61 Å². The molecule has 1 aliphatic heterocycles. The number of fused-ring (bicyclic) bond motifs is 1. The standard InChI is InChI=1S/C26H28ClN3O4/c1-16-6-7-19(12-22(16)27)18-8-10-30(11-9-18)14-20(31)15-32-23-4-3-5-24-21(23)13-25(34-24)26-29-28-17(2)33-26/h3-7,12-13,18,20,31H,8-11,14-15H2,1-2H3/t20-/m0/s1. The Labute approximate surface area is 203 Å². The molecule has 2 aromatic carbocycles. The average Bonchev–Trinajstić information content (AvgIpc) is 3.46. The number of benzene rings is 2. The van der Waals surface area contributed by atoms with Crippen molar-refractivity contribution in [2.24, 2.45) is 0 Å². The van der Waals surface area contributed by atoms with Crippen LogP contribution in [-0.2, 0) is 0 Å². The first-order valence-electron chi connectivity index (χ1n) is 11.6. The quantitative estimate of drug-likeness (QED) is 0.379. The number of hydrogen-bond acceptors (Lipinski definition) is 7. The lowest BCUT2D eigenvalue weighted by Gasteiger charge is -2.33. The van der Waals surface area contributed by atoms with Gasteiger partial charge in [-0.05, 0) is 68.1 Å². The number of hydrogen-bond donors (Lipinski definition) is 1. The molecule has 1 fully saturated rings. The fourth-order valence-corrected chi connectivity index (χ4v) is 4.70. The van der Waals surface area contributed by atoms with Crippen LogP contribution in [0, 0.1) is 13.8 Å². The molecular formula is C26H28ClN3O4. The van der Waals surface area contributed by atoms with Crippen LogP contribution >= 0.6 is 11.6 Å². The Kier molecular flexibility index (Phi) is 6.59. The Morgan fingerprint density at radius 2 is 1.94 bits per heavy atom. The van der Waals surface area contributed by atoms with E-state index < -0.39 is 6.10 Å². The Hall–Kier alpha value is -2.87. The van der Waals surface area contributed by atoms with E-state index in [1.54, 1.807) is 6.92 Å². The molecule has 0 bridgehead atoms. The molecule has 0 amide bonds. The number of aliphatic hydroxyl groups excluding tert-OH is 1. The van der Waals surface area contributed by atoms with Gasteiger partial charge >= 0.3 is 0 Å². The van der Waals surface area contributed by atoms with Gasteiger partial charge in [-0.15, -0.1) is 10.2 Å². The molecule has 4 aromatic rings. The van der Waals surface area contributed by atoms with Gasteiger partial charge in [-0.3, -0.25) is 0 Å². The van der Waals surface area contributed by atoms with Gasteiger partial charge in [0.05, 0.1) is 5.39 Å². The number of piperidine rings is 1. The summed E-state index contributed by atoms with van der Waals surface area (Å²) >= 11 is 6.31. The molecule has 0 radical (unpaired) electrons. The highest BCUT2D eigenvalue weighted by Crippen LogP contribution is 2.33. The third-order valence-corrected chi connectivity index (χ3v) is 6.82. The Morgan fingerprint density at radius 3 is 2.68 bits per heavy atom. The Balaban J connectivity index is 1.16. The lowest BCUT2D eigenvalue weighted by Crippen LogP contribution is -2.40. The maximum absolute atomic E-state index is 10.6. The Morgan fingerprint density at radius 1 is 1.12 bits per heavy atom. The molecule has 0 saturated carbocycles. The number of aromatic nitrogens is 2. The van der Waals surface area contributed by atoms with Crippen LogP contribution in [0.25, 0.3) is 22.6 Å². The number of furan rings is 1. The van der Waals surface area contributed by atoms with Crippen LogP contribution in [-0.4, -0.2) is 52.5 Å². The second-order valence-corrected chi connectivity index (χ2v) is 9.36. The van der Waals surface area contributed by atoms with Crippen molar-refractivity contribution in [3.63, 3.8) is 0 Å². The number of nitrogens with zero attached hydrogens (tertiary/aromatic N) is 3. The van der Waals surface area contributed by atoms with Gasteiger partial charge in [0.1, 0.15) is 24.0 Å². The van der Waals surface area contributed by atoms with Crippen LogP contribution < -0.4 is 4.74 Å².